The van der Waals surface area contributed by atoms with Gasteiger partial charge in [0.2, 0.25) is 0 Å². The van der Waals surface area contributed by atoms with Crippen LogP contribution in [0.1, 0.15) is 19.4 Å². The Labute approximate surface area is 99.3 Å². The Bertz CT molecular complexity index is 428. The van der Waals surface area contributed by atoms with Gasteiger partial charge in [-0.1, -0.05) is 0 Å². The van der Waals surface area contributed by atoms with Crippen molar-refractivity contribution in [2.75, 3.05) is 13.1 Å². The minimum Gasteiger partial charge on any atom is -0.507 e. The van der Waals surface area contributed by atoms with Crippen LogP contribution < -0.4 is 0 Å². The second-order valence-electron chi connectivity index (χ2n) is 3.38. The number of aromatic hydroxyl groups is 1. The lowest BCUT2D eigenvalue weighted by molar-refractivity contribution is -0.384. The average Bonchev–Trinajstić information content (AvgIpc) is 2.32. The highest BCUT2D eigenvalue weighted by atomic mass is 16.6. The molecule has 0 radical (unpaired) electrons. The van der Waals surface area contributed by atoms with Gasteiger partial charge >= 0.3 is 0 Å². The summed E-state index contributed by atoms with van der Waals surface area (Å²) in [7, 11) is 0. The van der Waals surface area contributed by atoms with Gasteiger partial charge in [0.15, 0.2) is 0 Å². The predicted octanol–water partition coefficient (Wildman–Crippen LogP) is 1.98. The standard InChI is InChI=1S/C11H15N3O3/c1-3-13(4-2)12-8-9-7-10(14(16)17)5-6-11(9)15/h5-8,15H,3-4H2,1-2H3. The summed E-state index contributed by atoms with van der Waals surface area (Å²) < 4.78 is 0. The van der Waals surface area contributed by atoms with Crippen molar-refractivity contribution in [2.24, 2.45) is 5.10 Å². The van der Waals surface area contributed by atoms with Gasteiger partial charge in [-0.2, -0.15) is 5.10 Å². The summed E-state index contributed by atoms with van der Waals surface area (Å²) in [6, 6.07) is 3.84. The fraction of sp³-hybridized carbons (Fsp3) is 0.364. The molecule has 0 fully saturated rings. The van der Waals surface area contributed by atoms with Gasteiger partial charge in [-0.25, -0.2) is 0 Å². The third-order valence-corrected chi connectivity index (χ3v) is 2.31. The number of benzene rings is 1. The van der Waals surface area contributed by atoms with Crippen LogP contribution in [0.25, 0.3) is 0 Å². The molecule has 0 amide bonds. The first-order chi connectivity index (χ1) is 8.08. The average molecular weight is 237 g/mol. The van der Waals surface area contributed by atoms with Crippen molar-refractivity contribution in [3.63, 3.8) is 0 Å². The third kappa shape index (κ3) is 3.44. The Balaban J connectivity index is 2.97. The molecule has 0 saturated heterocycles. The molecule has 0 heterocycles. The fourth-order valence-corrected chi connectivity index (χ4v) is 1.29. The lowest BCUT2D eigenvalue weighted by Gasteiger charge is -2.13. The number of hydrogen-bond acceptors (Lipinski definition) is 5. The Morgan fingerprint density at radius 3 is 2.65 bits per heavy atom. The highest BCUT2D eigenvalue weighted by Gasteiger charge is 2.08. The molecule has 0 unspecified atom stereocenters. The van der Waals surface area contributed by atoms with Gasteiger partial charge in [-0.05, 0) is 19.9 Å². The van der Waals surface area contributed by atoms with Crippen LogP contribution in [0.15, 0.2) is 23.3 Å². The number of nitrogens with zero attached hydrogens (tertiary/aromatic N) is 3. The number of phenolic OH excluding ortho intramolecular Hbond substituents is 1. The van der Waals surface area contributed by atoms with Gasteiger partial charge in [0.25, 0.3) is 5.69 Å². The lowest BCUT2D eigenvalue weighted by Crippen LogP contribution is -2.15. The number of nitro benzene ring substituents is 1. The van der Waals surface area contributed by atoms with E-state index in [0.717, 1.165) is 13.1 Å². The van der Waals surface area contributed by atoms with E-state index in [0.29, 0.717) is 5.56 Å². The van der Waals surface area contributed by atoms with Gasteiger partial charge in [0.1, 0.15) is 5.75 Å². The Kier molecular flexibility index (Phi) is 4.45. The van der Waals surface area contributed by atoms with Crippen LogP contribution >= 0.6 is 0 Å². The predicted molar refractivity (Wildman–Crippen MR) is 65.3 cm³/mol. The SMILES string of the molecule is CCN(CC)N=Cc1cc([N+](=O)[O-])ccc1O. The van der Waals surface area contributed by atoms with Crippen LogP contribution in [-0.4, -0.2) is 34.3 Å². The molecule has 1 N–H and O–H groups in total. The zero-order chi connectivity index (χ0) is 12.8. The summed E-state index contributed by atoms with van der Waals surface area (Å²) in [4.78, 5) is 10.1. The molecule has 1 aromatic carbocycles. The van der Waals surface area contributed by atoms with E-state index in [9.17, 15) is 15.2 Å². The van der Waals surface area contributed by atoms with Crippen molar-refractivity contribution in [3.05, 3.63) is 33.9 Å². The molecule has 0 aliphatic heterocycles. The number of rotatable bonds is 5. The zero-order valence-electron chi connectivity index (χ0n) is 9.83. The van der Waals surface area contributed by atoms with E-state index >= 15 is 0 Å². The quantitative estimate of drug-likeness (QED) is 0.482. The Hall–Kier alpha value is -2.11. The van der Waals surface area contributed by atoms with E-state index in [1.165, 1.54) is 24.4 Å². The molecule has 6 heteroatoms. The van der Waals surface area contributed by atoms with Crippen LogP contribution in [-0.2, 0) is 0 Å². The van der Waals surface area contributed by atoms with Crippen molar-refractivity contribution in [1.82, 2.24) is 5.01 Å². The van der Waals surface area contributed by atoms with Crippen molar-refractivity contribution in [1.29, 1.82) is 0 Å². The van der Waals surface area contributed by atoms with Gasteiger partial charge in [0.05, 0.1) is 11.1 Å². The molecule has 6 nitrogen and oxygen atoms in total. The maximum absolute atomic E-state index is 10.6. The summed E-state index contributed by atoms with van der Waals surface area (Å²) in [6.07, 6.45) is 1.43. The highest BCUT2D eigenvalue weighted by Crippen LogP contribution is 2.21. The summed E-state index contributed by atoms with van der Waals surface area (Å²) in [5, 5.41) is 26.0. The smallest absolute Gasteiger partial charge is 0.270 e. The van der Waals surface area contributed by atoms with Crippen LogP contribution in [0.4, 0.5) is 5.69 Å². The summed E-state index contributed by atoms with van der Waals surface area (Å²) in [5.41, 5.74) is 0.273. The van der Waals surface area contributed by atoms with Crippen LogP contribution in [0.5, 0.6) is 5.75 Å². The first-order valence-corrected chi connectivity index (χ1v) is 5.34. The molecule has 0 atom stereocenters. The van der Waals surface area contributed by atoms with Crippen LogP contribution in [0.2, 0.25) is 0 Å². The third-order valence-electron chi connectivity index (χ3n) is 2.31. The summed E-state index contributed by atoms with van der Waals surface area (Å²) >= 11 is 0. The van der Waals surface area contributed by atoms with E-state index in [-0.39, 0.29) is 11.4 Å². The molecule has 1 aromatic rings. The van der Waals surface area contributed by atoms with Crippen LogP contribution in [0.3, 0.4) is 0 Å². The first kappa shape index (κ1) is 13.0. The number of hydrazone groups is 1. The Morgan fingerprint density at radius 1 is 1.47 bits per heavy atom. The lowest BCUT2D eigenvalue weighted by atomic mass is 10.2. The Morgan fingerprint density at radius 2 is 2.12 bits per heavy atom. The van der Waals surface area contributed by atoms with Gasteiger partial charge in [-0.3, -0.25) is 15.1 Å². The fourth-order valence-electron chi connectivity index (χ4n) is 1.29. The second-order valence-corrected chi connectivity index (χ2v) is 3.38. The van der Waals surface area contributed by atoms with Gasteiger partial charge in [-0.15, -0.1) is 0 Å². The minimum absolute atomic E-state index is 0.0218. The molecule has 1 rings (SSSR count). The van der Waals surface area contributed by atoms with Gasteiger partial charge < -0.3 is 5.11 Å². The molecule has 17 heavy (non-hydrogen) atoms. The maximum atomic E-state index is 10.6. The zero-order valence-corrected chi connectivity index (χ0v) is 9.83. The molecule has 0 spiro atoms. The van der Waals surface area contributed by atoms with Gasteiger partial charge in [0, 0.05) is 30.8 Å². The van der Waals surface area contributed by atoms with Crippen molar-refractivity contribution >= 4 is 11.9 Å². The largest absolute Gasteiger partial charge is 0.507 e. The molecule has 0 saturated carbocycles. The van der Waals surface area contributed by atoms with Crippen LogP contribution in [0, 0.1) is 10.1 Å². The first-order valence-electron chi connectivity index (χ1n) is 5.34. The maximum Gasteiger partial charge on any atom is 0.270 e. The van der Waals surface area contributed by atoms with E-state index in [2.05, 4.69) is 5.10 Å². The normalized spacial score (nSPS) is 10.7. The van der Waals surface area contributed by atoms with Crippen molar-refractivity contribution in [2.45, 2.75) is 13.8 Å². The minimum atomic E-state index is -0.506. The van der Waals surface area contributed by atoms with E-state index in [4.69, 9.17) is 0 Å². The number of phenols is 1. The summed E-state index contributed by atoms with van der Waals surface area (Å²) in [5.74, 6) is -0.0218. The van der Waals surface area contributed by atoms with E-state index in [1.807, 2.05) is 13.8 Å². The molecular formula is C11H15N3O3. The topological polar surface area (TPSA) is 79.0 Å². The van der Waals surface area contributed by atoms with E-state index in [1.54, 1.807) is 5.01 Å². The number of nitro groups is 1. The highest BCUT2D eigenvalue weighted by molar-refractivity contribution is 5.84. The molecule has 0 bridgehead atoms. The van der Waals surface area contributed by atoms with Crippen molar-refractivity contribution in [3.8, 4) is 5.75 Å². The summed E-state index contributed by atoms with van der Waals surface area (Å²) in [6.45, 7) is 5.38. The monoisotopic (exact) mass is 237 g/mol. The molecule has 0 aliphatic carbocycles. The van der Waals surface area contributed by atoms with E-state index < -0.39 is 4.92 Å². The molecular weight excluding hydrogens is 222 g/mol. The molecule has 0 aromatic heterocycles. The number of hydrogen-bond donors (Lipinski definition) is 1. The van der Waals surface area contributed by atoms with Crippen molar-refractivity contribution < 1.29 is 10.0 Å². The molecule has 0 aliphatic rings. The number of non-ortho nitro benzene ring substituents is 1. The second kappa shape index (κ2) is 5.83. The molecule has 92 valence electrons.